The van der Waals surface area contributed by atoms with E-state index in [2.05, 4.69) is 10.6 Å². The lowest BCUT2D eigenvalue weighted by Gasteiger charge is -2.32. The fourth-order valence-corrected chi connectivity index (χ4v) is 3.65. The van der Waals surface area contributed by atoms with Crippen LogP contribution in [0.2, 0.25) is 0 Å². The van der Waals surface area contributed by atoms with Gasteiger partial charge in [0, 0.05) is 18.3 Å². The highest BCUT2D eigenvalue weighted by atomic mass is 16.6. The first kappa shape index (κ1) is 20.4. The number of carbonyl (C=O) groups is 2. The maximum Gasteiger partial charge on any atom is 0.282 e. The van der Waals surface area contributed by atoms with Crippen molar-refractivity contribution in [2.75, 3.05) is 57.8 Å². The number of piperazine rings is 1. The van der Waals surface area contributed by atoms with Crippen LogP contribution in [-0.2, 0) is 9.59 Å². The number of quaternary nitrogens is 2. The number of fused-ring (bicyclic) bond motifs is 1. The highest BCUT2D eigenvalue weighted by Crippen LogP contribution is 2.32. The monoisotopic (exact) mass is 392 g/mol. The Balaban J connectivity index is 1.46. The molecule has 0 spiro atoms. The van der Waals surface area contributed by atoms with Crippen LogP contribution < -0.4 is 29.9 Å². The number of ether oxygens (including phenoxy) is 2. The number of nitrogens with one attached hydrogen (secondary N) is 4. The van der Waals surface area contributed by atoms with Crippen molar-refractivity contribution in [3.05, 3.63) is 18.2 Å². The molecule has 2 heterocycles. The van der Waals surface area contributed by atoms with Gasteiger partial charge in [0.2, 0.25) is 0 Å². The standard InChI is InChI=1S/C20H30N4O4/c1-3-6-21-19(25)14-23-7-9-24(10-8-23)15(2)20(26)22-16-4-5-17-18(13-16)28-12-11-27-17/h4-5,13,15H,3,6-12,14H2,1-2H3,(H,21,25)(H,22,26)/p+2/t15-/m1/s1. The summed E-state index contributed by atoms with van der Waals surface area (Å²) in [6.45, 7) is 9.90. The van der Waals surface area contributed by atoms with Gasteiger partial charge < -0.3 is 29.9 Å². The van der Waals surface area contributed by atoms with Gasteiger partial charge in [0.15, 0.2) is 24.1 Å². The molecule has 0 radical (unpaired) electrons. The Morgan fingerprint density at radius 2 is 1.82 bits per heavy atom. The Hall–Kier alpha value is -2.32. The van der Waals surface area contributed by atoms with Gasteiger partial charge in [0.1, 0.15) is 39.4 Å². The normalized spacial score (nSPS) is 22.2. The molecule has 0 aliphatic carbocycles. The SMILES string of the molecule is CCCNC(=O)C[NH+]1CC[NH+]([C@H](C)C(=O)Nc2ccc3c(c2)OCCO3)CC1. The van der Waals surface area contributed by atoms with Crippen molar-refractivity contribution in [3.8, 4) is 11.5 Å². The molecule has 0 bridgehead atoms. The lowest BCUT2D eigenvalue weighted by molar-refractivity contribution is -1.01. The van der Waals surface area contributed by atoms with Crippen LogP contribution in [0.4, 0.5) is 5.69 Å². The average molecular weight is 393 g/mol. The van der Waals surface area contributed by atoms with Crippen LogP contribution >= 0.6 is 0 Å². The Morgan fingerprint density at radius 3 is 2.54 bits per heavy atom. The molecule has 1 aromatic carbocycles. The minimum atomic E-state index is -0.149. The largest absolute Gasteiger partial charge is 0.486 e. The quantitative estimate of drug-likeness (QED) is 0.437. The highest BCUT2D eigenvalue weighted by Gasteiger charge is 2.31. The number of hydrogen-bond donors (Lipinski definition) is 4. The predicted molar refractivity (Wildman–Crippen MR) is 105 cm³/mol. The molecule has 3 rings (SSSR count). The van der Waals surface area contributed by atoms with Gasteiger partial charge in [-0.2, -0.15) is 0 Å². The van der Waals surface area contributed by atoms with Gasteiger partial charge in [-0.25, -0.2) is 0 Å². The van der Waals surface area contributed by atoms with Gasteiger partial charge in [-0.15, -0.1) is 0 Å². The van der Waals surface area contributed by atoms with E-state index in [1.54, 1.807) is 0 Å². The lowest BCUT2D eigenvalue weighted by Crippen LogP contribution is -3.30. The Morgan fingerprint density at radius 1 is 1.11 bits per heavy atom. The molecule has 0 aromatic heterocycles. The molecule has 8 heteroatoms. The van der Waals surface area contributed by atoms with E-state index in [-0.39, 0.29) is 17.9 Å². The first-order chi connectivity index (χ1) is 13.6. The zero-order valence-corrected chi connectivity index (χ0v) is 16.8. The van der Waals surface area contributed by atoms with Crippen LogP contribution in [0.25, 0.3) is 0 Å². The number of anilines is 1. The van der Waals surface area contributed by atoms with E-state index in [9.17, 15) is 9.59 Å². The molecule has 1 atom stereocenters. The summed E-state index contributed by atoms with van der Waals surface area (Å²) in [5.41, 5.74) is 0.720. The number of rotatable bonds is 7. The minimum absolute atomic E-state index is 0.00387. The molecule has 2 aliphatic heterocycles. The Labute approximate surface area is 166 Å². The van der Waals surface area contributed by atoms with Crippen molar-refractivity contribution in [3.63, 3.8) is 0 Å². The van der Waals surface area contributed by atoms with Crippen molar-refractivity contribution in [2.24, 2.45) is 0 Å². The molecule has 0 saturated carbocycles. The van der Waals surface area contributed by atoms with Crippen LogP contribution in [-0.4, -0.2) is 70.3 Å². The zero-order chi connectivity index (χ0) is 19.9. The first-order valence-electron chi connectivity index (χ1n) is 10.2. The Bertz CT molecular complexity index is 689. The van der Waals surface area contributed by atoms with Crippen LogP contribution in [0.1, 0.15) is 20.3 Å². The summed E-state index contributed by atoms with van der Waals surface area (Å²) in [5.74, 6) is 1.49. The molecule has 1 aromatic rings. The third kappa shape index (κ3) is 5.36. The maximum atomic E-state index is 12.7. The maximum absolute atomic E-state index is 12.7. The number of amides is 2. The molecule has 4 N–H and O–H groups in total. The van der Waals surface area contributed by atoms with Crippen molar-refractivity contribution >= 4 is 17.5 Å². The Kier molecular flexibility index (Phi) is 7.11. The number of carbonyl (C=O) groups excluding carboxylic acids is 2. The van der Waals surface area contributed by atoms with Crippen molar-refractivity contribution in [1.82, 2.24) is 5.32 Å². The van der Waals surface area contributed by atoms with E-state index < -0.39 is 0 Å². The van der Waals surface area contributed by atoms with Crippen molar-refractivity contribution < 1.29 is 28.9 Å². The fourth-order valence-electron chi connectivity index (χ4n) is 3.65. The van der Waals surface area contributed by atoms with Crippen LogP contribution in [0.15, 0.2) is 18.2 Å². The molecule has 1 fully saturated rings. The molecule has 2 aliphatic rings. The summed E-state index contributed by atoms with van der Waals surface area (Å²) in [7, 11) is 0. The summed E-state index contributed by atoms with van der Waals surface area (Å²) in [5, 5.41) is 5.92. The molecule has 1 saturated heterocycles. The summed E-state index contributed by atoms with van der Waals surface area (Å²) >= 11 is 0. The minimum Gasteiger partial charge on any atom is -0.486 e. The van der Waals surface area contributed by atoms with Crippen molar-refractivity contribution in [1.29, 1.82) is 0 Å². The van der Waals surface area contributed by atoms with Gasteiger partial charge in [-0.1, -0.05) is 6.92 Å². The predicted octanol–water partition coefficient (Wildman–Crippen LogP) is -1.91. The van der Waals surface area contributed by atoms with E-state index in [4.69, 9.17) is 9.47 Å². The zero-order valence-electron chi connectivity index (χ0n) is 16.8. The second kappa shape index (κ2) is 9.75. The van der Waals surface area contributed by atoms with E-state index in [0.29, 0.717) is 31.3 Å². The summed E-state index contributed by atoms with van der Waals surface area (Å²) < 4.78 is 11.1. The van der Waals surface area contributed by atoms with E-state index >= 15 is 0 Å². The molecular weight excluding hydrogens is 360 g/mol. The summed E-state index contributed by atoms with van der Waals surface area (Å²) in [4.78, 5) is 27.1. The summed E-state index contributed by atoms with van der Waals surface area (Å²) in [6.07, 6.45) is 0.953. The fraction of sp³-hybridized carbons (Fsp3) is 0.600. The van der Waals surface area contributed by atoms with Gasteiger partial charge in [0.05, 0.1) is 0 Å². The van der Waals surface area contributed by atoms with E-state index in [1.165, 1.54) is 9.80 Å². The molecule has 2 amide bonds. The van der Waals surface area contributed by atoms with Gasteiger partial charge >= 0.3 is 0 Å². The summed E-state index contributed by atoms with van der Waals surface area (Å²) in [6, 6.07) is 5.33. The van der Waals surface area contributed by atoms with Crippen molar-refractivity contribution in [2.45, 2.75) is 26.3 Å². The lowest BCUT2D eigenvalue weighted by atomic mass is 10.2. The second-order valence-corrected chi connectivity index (χ2v) is 7.50. The van der Waals surface area contributed by atoms with Gasteiger partial charge in [-0.05, 0) is 25.5 Å². The first-order valence-corrected chi connectivity index (χ1v) is 10.2. The smallest absolute Gasteiger partial charge is 0.282 e. The van der Waals surface area contributed by atoms with Crippen LogP contribution in [0.5, 0.6) is 11.5 Å². The molecule has 28 heavy (non-hydrogen) atoms. The van der Waals surface area contributed by atoms with Gasteiger partial charge in [-0.3, -0.25) is 9.59 Å². The third-order valence-electron chi connectivity index (χ3n) is 5.40. The average Bonchev–Trinajstić information content (AvgIpc) is 2.72. The second-order valence-electron chi connectivity index (χ2n) is 7.50. The van der Waals surface area contributed by atoms with E-state index in [0.717, 1.165) is 44.8 Å². The number of benzene rings is 1. The highest BCUT2D eigenvalue weighted by molar-refractivity contribution is 5.94. The molecule has 8 nitrogen and oxygen atoms in total. The molecule has 0 unspecified atom stereocenters. The van der Waals surface area contributed by atoms with Crippen LogP contribution in [0, 0.1) is 0 Å². The van der Waals surface area contributed by atoms with Gasteiger partial charge in [0.25, 0.3) is 11.8 Å². The molecule has 154 valence electrons. The molecular formula is C20H32N4O4+2. The third-order valence-corrected chi connectivity index (χ3v) is 5.40. The number of hydrogen-bond acceptors (Lipinski definition) is 4. The van der Waals surface area contributed by atoms with E-state index in [1.807, 2.05) is 32.0 Å². The topological polar surface area (TPSA) is 85.5 Å². The van der Waals surface area contributed by atoms with Crippen LogP contribution in [0.3, 0.4) is 0 Å².